The number of halogens is 2. The van der Waals surface area contributed by atoms with Gasteiger partial charge in [0.05, 0.1) is 5.69 Å². The van der Waals surface area contributed by atoms with Gasteiger partial charge in [-0.2, -0.15) is 0 Å². The minimum Gasteiger partial charge on any atom is -0.367 e. The number of hydrogen-bond donors (Lipinski definition) is 2. The molecule has 1 aromatic heterocycles. The SMILES string of the molecule is NCCNc1ccc(-c2cc(Br)ccc2F)nn1. The molecular weight excluding hydrogens is 299 g/mol. The summed E-state index contributed by atoms with van der Waals surface area (Å²) >= 11 is 3.30. The molecule has 0 aliphatic heterocycles. The molecule has 0 bridgehead atoms. The standard InChI is InChI=1S/C12H12BrFN4/c13-8-1-2-10(14)9(7-8)11-3-4-12(18-17-11)16-6-5-15/h1-4,7H,5-6,15H2,(H,16,18). The molecule has 4 nitrogen and oxygen atoms in total. The van der Waals surface area contributed by atoms with Crippen molar-refractivity contribution in [1.29, 1.82) is 0 Å². The summed E-state index contributed by atoms with van der Waals surface area (Å²) in [6.07, 6.45) is 0. The van der Waals surface area contributed by atoms with Crippen LogP contribution in [0.4, 0.5) is 10.2 Å². The molecule has 0 amide bonds. The minimum atomic E-state index is -0.324. The van der Waals surface area contributed by atoms with Gasteiger partial charge in [-0.3, -0.25) is 0 Å². The number of aromatic nitrogens is 2. The predicted octanol–water partition coefficient (Wildman–Crippen LogP) is 2.42. The normalized spacial score (nSPS) is 10.4. The molecule has 3 N–H and O–H groups in total. The molecular formula is C12H12BrFN4. The molecule has 94 valence electrons. The van der Waals surface area contributed by atoms with E-state index in [1.807, 2.05) is 0 Å². The molecule has 0 saturated carbocycles. The monoisotopic (exact) mass is 310 g/mol. The minimum absolute atomic E-state index is 0.324. The van der Waals surface area contributed by atoms with Gasteiger partial charge in [0.1, 0.15) is 11.6 Å². The average molecular weight is 311 g/mol. The molecule has 1 aromatic carbocycles. The van der Waals surface area contributed by atoms with Crippen molar-refractivity contribution in [2.24, 2.45) is 5.73 Å². The second-order valence-corrected chi connectivity index (χ2v) is 4.56. The second kappa shape index (κ2) is 5.88. The Morgan fingerprint density at radius 3 is 2.72 bits per heavy atom. The van der Waals surface area contributed by atoms with E-state index < -0.39 is 0 Å². The number of rotatable bonds is 4. The van der Waals surface area contributed by atoms with Crippen LogP contribution in [0.5, 0.6) is 0 Å². The Morgan fingerprint density at radius 1 is 1.22 bits per heavy atom. The Morgan fingerprint density at radius 2 is 2.06 bits per heavy atom. The molecule has 0 radical (unpaired) electrons. The van der Waals surface area contributed by atoms with Gasteiger partial charge in [-0.15, -0.1) is 10.2 Å². The Kier molecular flexibility index (Phi) is 4.22. The smallest absolute Gasteiger partial charge is 0.148 e. The zero-order valence-corrected chi connectivity index (χ0v) is 11.1. The molecule has 18 heavy (non-hydrogen) atoms. The molecule has 1 heterocycles. The van der Waals surface area contributed by atoms with Crippen molar-refractivity contribution >= 4 is 21.7 Å². The van der Waals surface area contributed by atoms with Gasteiger partial charge in [0.15, 0.2) is 0 Å². The van der Waals surface area contributed by atoms with E-state index in [0.717, 1.165) is 4.47 Å². The van der Waals surface area contributed by atoms with Crippen LogP contribution in [-0.2, 0) is 0 Å². The number of anilines is 1. The van der Waals surface area contributed by atoms with Crippen LogP contribution in [0.15, 0.2) is 34.8 Å². The summed E-state index contributed by atoms with van der Waals surface area (Å²) in [6, 6.07) is 8.17. The van der Waals surface area contributed by atoms with Crippen LogP contribution < -0.4 is 11.1 Å². The number of nitrogens with zero attached hydrogens (tertiary/aromatic N) is 2. The van der Waals surface area contributed by atoms with Gasteiger partial charge in [-0.05, 0) is 30.3 Å². The number of nitrogens with two attached hydrogens (primary N) is 1. The van der Waals surface area contributed by atoms with Crippen LogP contribution in [0.1, 0.15) is 0 Å². The maximum Gasteiger partial charge on any atom is 0.148 e. The van der Waals surface area contributed by atoms with E-state index in [1.54, 1.807) is 24.3 Å². The molecule has 0 fully saturated rings. The largest absolute Gasteiger partial charge is 0.367 e. The van der Waals surface area contributed by atoms with E-state index in [0.29, 0.717) is 30.2 Å². The molecule has 0 saturated heterocycles. The zero-order valence-electron chi connectivity index (χ0n) is 9.53. The molecule has 0 aliphatic carbocycles. The summed E-state index contributed by atoms with van der Waals surface area (Å²) in [5.74, 6) is 0.301. The molecule has 0 atom stereocenters. The van der Waals surface area contributed by atoms with Crippen molar-refractivity contribution in [3.8, 4) is 11.3 Å². The first-order valence-electron chi connectivity index (χ1n) is 5.44. The summed E-state index contributed by atoms with van der Waals surface area (Å²) in [4.78, 5) is 0. The first-order valence-corrected chi connectivity index (χ1v) is 6.23. The van der Waals surface area contributed by atoms with Crippen LogP contribution >= 0.6 is 15.9 Å². The molecule has 2 rings (SSSR count). The van der Waals surface area contributed by atoms with Crippen molar-refractivity contribution in [2.75, 3.05) is 18.4 Å². The number of benzene rings is 1. The van der Waals surface area contributed by atoms with Gasteiger partial charge < -0.3 is 11.1 Å². The zero-order chi connectivity index (χ0) is 13.0. The lowest BCUT2D eigenvalue weighted by molar-refractivity contribution is 0.630. The topological polar surface area (TPSA) is 63.8 Å². The Bertz CT molecular complexity index is 530. The highest BCUT2D eigenvalue weighted by atomic mass is 79.9. The van der Waals surface area contributed by atoms with Crippen LogP contribution in [0, 0.1) is 5.82 Å². The highest BCUT2D eigenvalue weighted by Crippen LogP contribution is 2.24. The summed E-state index contributed by atoms with van der Waals surface area (Å²) in [5, 5.41) is 11.0. The van der Waals surface area contributed by atoms with Crippen LogP contribution in [0.2, 0.25) is 0 Å². The van der Waals surface area contributed by atoms with Crippen molar-refractivity contribution in [3.63, 3.8) is 0 Å². The lowest BCUT2D eigenvalue weighted by Crippen LogP contribution is -2.14. The fourth-order valence-corrected chi connectivity index (χ4v) is 1.83. The quantitative estimate of drug-likeness (QED) is 0.910. The third kappa shape index (κ3) is 3.02. The highest BCUT2D eigenvalue weighted by molar-refractivity contribution is 9.10. The van der Waals surface area contributed by atoms with Gasteiger partial charge in [0, 0.05) is 23.1 Å². The Balaban J connectivity index is 2.25. The lowest BCUT2D eigenvalue weighted by Gasteiger charge is -2.05. The van der Waals surface area contributed by atoms with Gasteiger partial charge in [0.25, 0.3) is 0 Å². The molecule has 0 unspecified atom stereocenters. The molecule has 6 heteroatoms. The predicted molar refractivity (Wildman–Crippen MR) is 72.7 cm³/mol. The van der Waals surface area contributed by atoms with Gasteiger partial charge in [-0.1, -0.05) is 15.9 Å². The highest BCUT2D eigenvalue weighted by Gasteiger charge is 2.07. The third-order valence-electron chi connectivity index (χ3n) is 2.32. The Labute approximate surface area is 113 Å². The first kappa shape index (κ1) is 12.9. The lowest BCUT2D eigenvalue weighted by atomic mass is 10.1. The van der Waals surface area contributed by atoms with E-state index in [9.17, 15) is 4.39 Å². The van der Waals surface area contributed by atoms with Gasteiger partial charge >= 0.3 is 0 Å². The van der Waals surface area contributed by atoms with E-state index in [4.69, 9.17) is 5.73 Å². The number of hydrogen-bond acceptors (Lipinski definition) is 4. The van der Waals surface area contributed by atoms with Crippen LogP contribution in [0.25, 0.3) is 11.3 Å². The second-order valence-electron chi connectivity index (χ2n) is 3.64. The summed E-state index contributed by atoms with van der Waals surface area (Å²) in [6.45, 7) is 1.14. The Hall–Kier alpha value is -1.53. The van der Waals surface area contributed by atoms with Crippen molar-refractivity contribution in [2.45, 2.75) is 0 Å². The fraction of sp³-hybridized carbons (Fsp3) is 0.167. The van der Waals surface area contributed by atoms with Crippen LogP contribution in [0.3, 0.4) is 0 Å². The van der Waals surface area contributed by atoms with Crippen molar-refractivity contribution in [1.82, 2.24) is 10.2 Å². The van der Waals surface area contributed by atoms with Crippen molar-refractivity contribution < 1.29 is 4.39 Å². The number of nitrogens with one attached hydrogen (secondary N) is 1. The first-order chi connectivity index (χ1) is 8.70. The van der Waals surface area contributed by atoms with Gasteiger partial charge in [-0.25, -0.2) is 4.39 Å². The van der Waals surface area contributed by atoms with Crippen LogP contribution in [-0.4, -0.2) is 23.3 Å². The molecule has 0 aliphatic rings. The third-order valence-corrected chi connectivity index (χ3v) is 2.81. The van der Waals surface area contributed by atoms with E-state index in [-0.39, 0.29) is 5.82 Å². The molecule has 2 aromatic rings. The maximum absolute atomic E-state index is 13.6. The summed E-state index contributed by atoms with van der Waals surface area (Å²) in [5.41, 5.74) is 6.28. The van der Waals surface area contributed by atoms with E-state index in [1.165, 1.54) is 6.07 Å². The summed E-state index contributed by atoms with van der Waals surface area (Å²) in [7, 11) is 0. The van der Waals surface area contributed by atoms with Gasteiger partial charge in [0.2, 0.25) is 0 Å². The fourth-order valence-electron chi connectivity index (χ4n) is 1.46. The maximum atomic E-state index is 13.6. The molecule has 0 spiro atoms. The average Bonchev–Trinajstić information content (AvgIpc) is 2.40. The summed E-state index contributed by atoms with van der Waals surface area (Å²) < 4.78 is 14.4. The van der Waals surface area contributed by atoms with E-state index >= 15 is 0 Å². The van der Waals surface area contributed by atoms with Crippen molar-refractivity contribution in [3.05, 3.63) is 40.6 Å². The van der Waals surface area contributed by atoms with E-state index in [2.05, 4.69) is 31.4 Å².